The van der Waals surface area contributed by atoms with Crippen molar-refractivity contribution < 1.29 is 24.0 Å². The van der Waals surface area contributed by atoms with Gasteiger partial charge >= 0.3 is 5.97 Å². The molecular formula is C15H14N2O6S. The van der Waals surface area contributed by atoms with Crippen molar-refractivity contribution in [2.45, 2.75) is 20.0 Å². The molecule has 0 unspecified atom stereocenters. The molecule has 1 aliphatic rings. The van der Waals surface area contributed by atoms with E-state index in [1.54, 1.807) is 19.9 Å². The number of nitro benzene ring substituents is 1. The molecule has 0 aliphatic carbocycles. The highest BCUT2D eigenvalue weighted by atomic mass is 32.2. The first-order chi connectivity index (χ1) is 11.3. The predicted octanol–water partition coefficient (Wildman–Crippen LogP) is 2.58. The van der Waals surface area contributed by atoms with Gasteiger partial charge in [0.2, 0.25) is 0 Å². The van der Waals surface area contributed by atoms with Crippen LogP contribution in [0, 0.1) is 10.1 Å². The Balaban J connectivity index is 2.23. The van der Waals surface area contributed by atoms with E-state index in [-0.39, 0.29) is 22.3 Å². The Kier molecular flexibility index (Phi) is 5.35. The van der Waals surface area contributed by atoms with Gasteiger partial charge in [-0.1, -0.05) is 12.1 Å². The van der Waals surface area contributed by atoms with Crippen molar-refractivity contribution in [3.05, 3.63) is 44.8 Å². The minimum absolute atomic E-state index is 0.0200. The van der Waals surface area contributed by atoms with E-state index in [0.717, 1.165) is 4.90 Å². The summed E-state index contributed by atoms with van der Waals surface area (Å²) in [5.41, 5.74) is 0.0290. The van der Waals surface area contributed by atoms with Crippen LogP contribution in [0.2, 0.25) is 0 Å². The number of nitrogens with zero attached hydrogens (tertiary/aromatic N) is 2. The molecule has 2 rings (SSSR count). The van der Waals surface area contributed by atoms with Gasteiger partial charge in [0.25, 0.3) is 16.8 Å². The van der Waals surface area contributed by atoms with E-state index in [1.165, 1.54) is 24.3 Å². The summed E-state index contributed by atoms with van der Waals surface area (Å²) in [6, 6.07) is 5.86. The number of thioether (sulfide) groups is 1. The smallest absolute Gasteiger partial charge is 0.326 e. The van der Waals surface area contributed by atoms with Crippen LogP contribution in [0.5, 0.6) is 0 Å². The topological polar surface area (TPSA) is 107 Å². The van der Waals surface area contributed by atoms with Crippen molar-refractivity contribution >= 4 is 40.6 Å². The first-order valence-corrected chi connectivity index (χ1v) is 7.79. The van der Waals surface area contributed by atoms with Gasteiger partial charge in [-0.15, -0.1) is 0 Å². The van der Waals surface area contributed by atoms with E-state index in [2.05, 4.69) is 0 Å². The lowest BCUT2D eigenvalue weighted by molar-refractivity contribution is -0.385. The molecule has 24 heavy (non-hydrogen) atoms. The van der Waals surface area contributed by atoms with Crippen LogP contribution in [-0.4, -0.2) is 39.6 Å². The van der Waals surface area contributed by atoms with Crippen molar-refractivity contribution in [3.8, 4) is 0 Å². The number of nitro groups is 1. The molecule has 0 aromatic heterocycles. The number of esters is 1. The fourth-order valence-electron chi connectivity index (χ4n) is 1.98. The van der Waals surface area contributed by atoms with Gasteiger partial charge in [-0.2, -0.15) is 0 Å². The quantitative estimate of drug-likeness (QED) is 0.348. The van der Waals surface area contributed by atoms with Crippen molar-refractivity contribution in [3.63, 3.8) is 0 Å². The average Bonchev–Trinajstić information content (AvgIpc) is 2.74. The number of hydrogen-bond donors (Lipinski definition) is 0. The number of benzene rings is 1. The zero-order valence-corrected chi connectivity index (χ0v) is 13.7. The van der Waals surface area contributed by atoms with Crippen molar-refractivity contribution in [2.75, 3.05) is 6.54 Å². The zero-order chi connectivity index (χ0) is 17.9. The molecule has 1 aliphatic heterocycles. The highest BCUT2D eigenvalue weighted by Crippen LogP contribution is 2.33. The normalized spacial score (nSPS) is 16.1. The van der Waals surface area contributed by atoms with Crippen molar-refractivity contribution in [1.82, 2.24) is 4.90 Å². The number of carbonyl (C=O) groups excluding carboxylic acids is 3. The Morgan fingerprint density at radius 1 is 1.38 bits per heavy atom. The van der Waals surface area contributed by atoms with E-state index in [9.17, 15) is 24.5 Å². The molecule has 0 radical (unpaired) electrons. The molecular weight excluding hydrogens is 336 g/mol. The second-order valence-corrected chi connectivity index (χ2v) is 6.12. The molecule has 0 N–H and O–H groups in total. The Labute approximate surface area is 141 Å². The molecule has 8 nitrogen and oxygen atoms in total. The summed E-state index contributed by atoms with van der Waals surface area (Å²) in [6.45, 7) is 2.82. The third-order valence-electron chi connectivity index (χ3n) is 2.95. The SMILES string of the molecule is CC(C)OC(=O)CN1C(=O)S/C(=C\c2ccccc2[N+](=O)[O-])C1=O. The Morgan fingerprint density at radius 2 is 2.04 bits per heavy atom. The van der Waals surface area contributed by atoms with Gasteiger partial charge in [-0.05, 0) is 37.8 Å². The summed E-state index contributed by atoms with van der Waals surface area (Å²) in [4.78, 5) is 47.0. The van der Waals surface area contributed by atoms with Crippen LogP contribution in [0.4, 0.5) is 10.5 Å². The second-order valence-electron chi connectivity index (χ2n) is 5.12. The summed E-state index contributed by atoms with van der Waals surface area (Å²) in [5.74, 6) is -1.37. The maximum absolute atomic E-state index is 12.3. The Hall–Kier alpha value is -2.68. The number of rotatable bonds is 5. The van der Waals surface area contributed by atoms with Gasteiger partial charge < -0.3 is 4.74 Å². The van der Waals surface area contributed by atoms with Gasteiger partial charge in [0, 0.05) is 6.07 Å². The van der Waals surface area contributed by atoms with Crippen molar-refractivity contribution in [2.24, 2.45) is 0 Å². The van der Waals surface area contributed by atoms with Gasteiger partial charge in [-0.25, -0.2) is 0 Å². The summed E-state index contributed by atoms with van der Waals surface area (Å²) < 4.78 is 4.91. The highest BCUT2D eigenvalue weighted by molar-refractivity contribution is 8.18. The minimum atomic E-state index is -0.695. The highest BCUT2D eigenvalue weighted by Gasteiger charge is 2.37. The minimum Gasteiger partial charge on any atom is -0.462 e. The average molecular weight is 350 g/mol. The summed E-state index contributed by atoms with van der Waals surface area (Å²) in [7, 11) is 0. The molecule has 1 saturated heterocycles. The molecule has 0 atom stereocenters. The molecule has 1 aromatic rings. The first-order valence-electron chi connectivity index (χ1n) is 6.98. The standard InChI is InChI=1S/C15H14N2O6S/c1-9(2)23-13(18)8-16-14(19)12(24-15(16)20)7-10-5-3-4-6-11(10)17(21)22/h3-7,9H,8H2,1-2H3/b12-7-. The van der Waals surface area contributed by atoms with Crippen LogP contribution in [-0.2, 0) is 14.3 Å². The maximum atomic E-state index is 12.3. The zero-order valence-electron chi connectivity index (χ0n) is 12.9. The molecule has 0 saturated carbocycles. The Morgan fingerprint density at radius 3 is 2.67 bits per heavy atom. The van der Waals surface area contributed by atoms with Crippen LogP contribution < -0.4 is 0 Å². The van der Waals surface area contributed by atoms with Crippen LogP contribution >= 0.6 is 11.8 Å². The number of amides is 2. The Bertz CT molecular complexity index is 743. The van der Waals surface area contributed by atoms with Crippen LogP contribution in [0.1, 0.15) is 19.4 Å². The molecule has 2 amide bonds. The molecule has 126 valence electrons. The van der Waals surface area contributed by atoms with Gasteiger partial charge in [0.05, 0.1) is 21.5 Å². The van der Waals surface area contributed by atoms with E-state index in [4.69, 9.17) is 4.74 Å². The lowest BCUT2D eigenvalue weighted by atomic mass is 10.1. The predicted molar refractivity (Wildman–Crippen MR) is 87.0 cm³/mol. The monoisotopic (exact) mass is 350 g/mol. The van der Waals surface area contributed by atoms with E-state index in [1.807, 2.05) is 0 Å². The van der Waals surface area contributed by atoms with Crippen LogP contribution in [0.15, 0.2) is 29.2 Å². The lowest BCUT2D eigenvalue weighted by Crippen LogP contribution is -2.35. The molecule has 0 bridgehead atoms. The number of ether oxygens (including phenoxy) is 1. The van der Waals surface area contributed by atoms with Crippen LogP contribution in [0.3, 0.4) is 0 Å². The third kappa shape index (κ3) is 3.99. The first kappa shape index (κ1) is 17.7. The van der Waals surface area contributed by atoms with Gasteiger partial charge in [0.1, 0.15) is 6.54 Å². The molecule has 9 heteroatoms. The molecule has 1 fully saturated rings. The fraction of sp³-hybridized carbons (Fsp3) is 0.267. The molecule has 1 aromatic carbocycles. The number of imide groups is 1. The van der Waals surface area contributed by atoms with E-state index in [0.29, 0.717) is 11.8 Å². The molecule has 1 heterocycles. The lowest BCUT2D eigenvalue weighted by Gasteiger charge is -2.13. The van der Waals surface area contributed by atoms with Gasteiger partial charge in [-0.3, -0.25) is 29.4 Å². The van der Waals surface area contributed by atoms with E-state index < -0.39 is 28.6 Å². The fourth-order valence-corrected chi connectivity index (χ4v) is 2.81. The van der Waals surface area contributed by atoms with E-state index >= 15 is 0 Å². The second kappa shape index (κ2) is 7.26. The third-order valence-corrected chi connectivity index (χ3v) is 3.86. The van der Waals surface area contributed by atoms with Crippen LogP contribution in [0.25, 0.3) is 6.08 Å². The summed E-state index contributed by atoms with van der Waals surface area (Å²) in [5, 5.41) is 10.4. The van der Waals surface area contributed by atoms with Gasteiger partial charge in [0.15, 0.2) is 0 Å². The number of carbonyl (C=O) groups is 3. The molecule has 0 spiro atoms. The largest absolute Gasteiger partial charge is 0.462 e. The summed E-state index contributed by atoms with van der Waals surface area (Å²) in [6.07, 6.45) is 0.913. The van der Waals surface area contributed by atoms with Crippen molar-refractivity contribution in [1.29, 1.82) is 0 Å². The number of para-hydroxylation sites is 1. The number of hydrogen-bond acceptors (Lipinski definition) is 7. The summed E-state index contributed by atoms with van der Waals surface area (Å²) >= 11 is 0.626. The maximum Gasteiger partial charge on any atom is 0.326 e.